The maximum absolute atomic E-state index is 11.8. The van der Waals surface area contributed by atoms with E-state index in [0.717, 1.165) is 0 Å². The molecule has 0 bridgehead atoms. The zero-order chi connectivity index (χ0) is 13.7. The molecule has 0 saturated carbocycles. The minimum absolute atomic E-state index is 0.0493. The van der Waals surface area contributed by atoms with Crippen molar-refractivity contribution in [1.82, 2.24) is 5.32 Å². The molecule has 0 radical (unpaired) electrons. The Hall–Kier alpha value is -1.11. The van der Waals surface area contributed by atoms with Crippen LogP contribution < -0.4 is 5.32 Å². The van der Waals surface area contributed by atoms with Crippen molar-refractivity contribution < 1.29 is 19.8 Å². The summed E-state index contributed by atoms with van der Waals surface area (Å²) in [5.74, 6) is -1.73. The molecule has 1 aromatic rings. The van der Waals surface area contributed by atoms with Gasteiger partial charge in [-0.2, -0.15) is 0 Å². The molecule has 0 aliphatic heterocycles. The lowest BCUT2D eigenvalue weighted by atomic mass is 10.1. The summed E-state index contributed by atoms with van der Waals surface area (Å²) in [5.41, 5.74) is 0.281. The molecule has 1 rings (SSSR count). The molecule has 0 spiro atoms. The van der Waals surface area contributed by atoms with Crippen LogP contribution in [0, 0.1) is 0 Å². The Kier molecular flexibility index (Phi) is 5.58. The van der Waals surface area contributed by atoms with E-state index in [1.807, 2.05) is 0 Å². The van der Waals surface area contributed by atoms with Gasteiger partial charge in [0.15, 0.2) is 0 Å². The van der Waals surface area contributed by atoms with Crippen molar-refractivity contribution in [3.8, 4) is 0 Å². The largest absolute Gasteiger partial charge is 0.480 e. The number of hydrogen-bond donors (Lipinski definition) is 3. The first kappa shape index (κ1) is 14.9. The van der Waals surface area contributed by atoms with Gasteiger partial charge in [0, 0.05) is 22.5 Å². The highest BCUT2D eigenvalue weighted by Gasteiger charge is 2.21. The van der Waals surface area contributed by atoms with Crippen LogP contribution in [0.15, 0.2) is 22.7 Å². The second kappa shape index (κ2) is 6.72. The number of hydrogen-bond acceptors (Lipinski definition) is 3. The Labute approximate surface area is 117 Å². The smallest absolute Gasteiger partial charge is 0.326 e. The van der Waals surface area contributed by atoms with Crippen LogP contribution in [-0.4, -0.2) is 34.7 Å². The summed E-state index contributed by atoms with van der Waals surface area (Å²) in [6.07, 6.45) is -0.0493. The number of rotatable bonds is 5. The molecule has 0 fully saturated rings. The lowest BCUT2D eigenvalue weighted by Crippen LogP contribution is -2.41. The van der Waals surface area contributed by atoms with Crippen molar-refractivity contribution in [3.63, 3.8) is 0 Å². The van der Waals surface area contributed by atoms with Crippen molar-refractivity contribution in [1.29, 1.82) is 0 Å². The second-order valence-corrected chi connectivity index (χ2v) is 4.79. The summed E-state index contributed by atoms with van der Waals surface area (Å²) >= 11 is 8.91. The Morgan fingerprint density at radius 2 is 2.11 bits per heavy atom. The molecule has 0 aliphatic rings. The van der Waals surface area contributed by atoms with Gasteiger partial charge in [0.25, 0.3) is 5.91 Å². The molecule has 5 nitrogen and oxygen atoms in total. The van der Waals surface area contributed by atoms with Gasteiger partial charge in [-0.1, -0.05) is 11.6 Å². The van der Waals surface area contributed by atoms with Gasteiger partial charge >= 0.3 is 5.97 Å². The highest BCUT2D eigenvalue weighted by atomic mass is 79.9. The van der Waals surface area contributed by atoms with E-state index in [-0.39, 0.29) is 18.6 Å². The molecule has 1 atom stereocenters. The van der Waals surface area contributed by atoms with Crippen molar-refractivity contribution in [2.75, 3.05) is 6.61 Å². The highest BCUT2D eigenvalue weighted by Crippen LogP contribution is 2.21. The van der Waals surface area contributed by atoms with Gasteiger partial charge in [-0.15, -0.1) is 0 Å². The van der Waals surface area contributed by atoms with Gasteiger partial charge in [-0.25, -0.2) is 4.79 Å². The molecular weight excluding hydrogens is 325 g/mol. The fraction of sp³-hybridized carbons (Fsp3) is 0.273. The maximum Gasteiger partial charge on any atom is 0.326 e. The van der Waals surface area contributed by atoms with Crippen LogP contribution in [0.5, 0.6) is 0 Å². The van der Waals surface area contributed by atoms with Gasteiger partial charge in [0.2, 0.25) is 0 Å². The number of nitrogens with one attached hydrogen (secondary N) is 1. The first-order chi connectivity index (χ1) is 8.45. The summed E-state index contributed by atoms with van der Waals surface area (Å²) in [6.45, 7) is -0.320. The molecule has 1 amide bonds. The summed E-state index contributed by atoms with van der Waals surface area (Å²) in [7, 11) is 0. The first-order valence-electron chi connectivity index (χ1n) is 5.05. The zero-order valence-electron chi connectivity index (χ0n) is 9.19. The molecule has 0 saturated heterocycles. The second-order valence-electron chi connectivity index (χ2n) is 3.50. The quantitative estimate of drug-likeness (QED) is 0.763. The third-order valence-corrected chi connectivity index (χ3v) is 3.09. The minimum atomic E-state index is -1.19. The third kappa shape index (κ3) is 3.97. The van der Waals surface area contributed by atoms with Gasteiger partial charge in [0.05, 0.1) is 5.56 Å². The summed E-state index contributed by atoms with van der Waals surface area (Å²) in [6, 6.07) is 3.44. The van der Waals surface area contributed by atoms with Crippen LogP contribution >= 0.6 is 27.5 Å². The van der Waals surface area contributed by atoms with E-state index in [9.17, 15) is 9.59 Å². The van der Waals surface area contributed by atoms with Gasteiger partial charge < -0.3 is 15.5 Å². The highest BCUT2D eigenvalue weighted by molar-refractivity contribution is 9.10. The van der Waals surface area contributed by atoms with Crippen molar-refractivity contribution in [2.24, 2.45) is 0 Å². The number of carbonyl (C=O) groups excluding carboxylic acids is 1. The molecular formula is C11H11BrClNO4. The number of carboxylic acid groups (broad SMARTS) is 1. The Morgan fingerprint density at radius 3 is 2.61 bits per heavy atom. The number of carbonyl (C=O) groups is 2. The molecule has 0 aromatic heterocycles. The van der Waals surface area contributed by atoms with E-state index in [1.165, 1.54) is 18.2 Å². The molecule has 98 valence electrons. The number of aliphatic hydroxyl groups excluding tert-OH is 1. The van der Waals surface area contributed by atoms with Crippen molar-refractivity contribution in [2.45, 2.75) is 12.5 Å². The topological polar surface area (TPSA) is 86.6 Å². The summed E-state index contributed by atoms with van der Waals surface area (Å²) < 4.78 is 0.473. The monoisotopic (exact) mass is 335 g/mol. The van der Waals surface area contributed by atoms with E-state index >= 15 is 0 Å². The van der Waals surface area contributed by atoms with Crippen LogP contribution in [0.2, 0.25) is 5.02 Å². The normalized spacial score (nSPS) is 11.9. The number of aliphatic carboxylic acids is 1. The van der Waals surface area contributed by atoms with E-state index in [4.69, 9.17) is 21.8 Å². The fourth-order valence-corrected chi connectivity index (χ4v) is 2.16. The SMILES string of the molecule is O=C(N[C@@H](CCO)C(=O)O)c1ccc(Cl)cc1Br. The van der Waals surface area contributed by atoms with Gasteiger partial charge in [-0.05, 0) is 34.1 Å². The zero-order valence-corrected chi connectivity index (χ0v) is 11.5. The average molecular weight is 337 g/mol. The lowest BCUT2D eigenvalue weighted by molar-refractivity contribution is -0.139. The van der Waals surface area contributed by atoms with Crippen molar-refractivity contribution >= 4 is 39.4 Å². The maximum atomic E-state index is 11.8. The van der Waals surface area contributed by atoms with Crippen LogP contribution in [0.4, 0.5) is 0 Å². The predicted molar refractivity (Wildman–Crippen MR) is 69.7 cm³/mol. The molecule has 7 heteroatoms. The van der Waals surface area contributed by atoms with Crippen molar-refractivity contribution in [3.05, 3.63) is 33.3 Å². The van der Waals surface area contributed by atoms with E-state index in [2.05, 4.69) is 21.2 Å². The Morgan fingerprint density at radius 1 is 1.44 bits per heavy atom. The molecule has 0 aliphatic carbocycles. The Balaban J connectivity index is 2.83. The van der Waals surface area contributed by atoms with Gasteiger partial charge in [0.1, 0.15) is 6.04 Å². The number of aliphatic hydroxyl groups is 1. The van der Waals surface area contributed by atoms with Crippen LogP contribution in [0.3, 0.4) is 0 Å². The Bertz CT molecular complexity index is 466. The molecule has 3 N–H and O–H groups in total. The van der Waals surface area contributed by atoms with Crippen LogP contribution in [0.25, 0.3) is 0 Å². The number of halogens is 2. The minimum Gasteiger partial charge on any atom is -0.480 e. The van der Waals surface area contributed by atoms with Gasteiger partial charge in [-0.3, -0.25) is 4.79 Å². The van der Waals surface area contributed by atoms with Crippen LogP contribution in [-0.2, 0) is 4.79 Å². The number of amides is 1. The standard InChI is InChI=1S/C11H11BrClNO4/c12-8-5-6(13)1-2-7(8)10(16)14-9(3-4-15)11(17)18/h1-2,5,9,15H,3-4H2,(H,14,16)(H,17,18)/t9-/m0/s1. The fourth-order valence-electron chi connectivity index (χ4n) is 1.30. The first-order valence-corrected chi connectivity index (χ1v) is 6.22. The van der Waals surface area contributed by atoms with Crippen LogP contribution in [0.1, 0.15) is 16.8 Å². The third-order valence-electron chi connectivity index (χ3n) is 2.20. The number of carboxylic acids is 1. The summed E-state index contributed by atoms with van der Waals surface area (Å²) in [5, 5.41) is 20.4. The molecule has 18 heavy (non-hydrogen) atoms. The van der Waals surface area contributed by atoms with E-state index in [1.54, 1.807) is 0 Å². The summed E-state index contributed by atoms with van der Waals surface area (Å²) in [4.78, 5) is 22.7. The predicted octanol–water partition coefficient (Wildman–Crippen LogP) is 1.67. The molecule has 0 unspecified atom stereocenters. The number of benzene rings is 1. The van der Waals surface area contributed by atoms with E-state index < -0.39 is 17.9 Å². The molecule has 1 aromatic carbocycles. The lowest BCUT2D eigenvalue weighted by Gasteiger charge is -2.13. The molecule has 0 heterocycles. The van der Waals surface area contributed by atoms with E-state index in [0.29, 0.717) is 9.50 Å². The average Bonchev–Trinajstić information content (AvgIpc) is 2.27.